The van der Waals surface area contributed by atoms with Crippen LogP contribution in [0.3, 0.4) is 0 Å². The van der Waals surface area contributed by atoms with Crippen molar-refractivity contribution in [1.29, 1.82) is 5.26 Å². The lowest BCUT2D eigenvalue weighted by Crippen LogP contribution is -2.17. The fraction of sp³-hybridized carbons (Fsp3) is 0.412. The zero-order valence-corrected chi connectivity index (χ0v) is 12.8. The maximum Gasteiger partial charge on any atom is 0.141 e. The first-order chi connectivity index (χ1) is 11.4. The van der Waals surface area contributed by atoms with Gasteiger partial charge in [0.1, 0.15) is 12.0 Å². The number of H-pyrrole nitrogens is 1. The van der Waals surface area contributed by atoms with Crippen LogP contribution in [-0.4, -0.2) is 24.7 Å². The second-order valence-corrected chi connectivity index (χ2v) is 6.15. The third kappa shape index (κ3) is 2.48. The SMILES string of the molecule is N#CC[C@H](C1CCCC1)n1cc(-[13c]2ncn[13c]3[nH]c[13cH][13c]23)cn1. The largest absolute Gasteiger partial charge is 0.346 e. The van der Waals surface area contributed by atoms with Gasteiger partial charge in [0.05, 0.1) is 30.4 Å². The summed E-state index contributed by atoms with van der Waals surface area (Å²) < 4.78 is 1.97. The first-order valence-corrected chi connectivity index (χ1v) is 8.06. The van der Waals surface area contributed by atoms with Crippen LogP contribution in [-0.2, 0) is 0 Å². The lowest BCUT2D eigenvalue weighted by atomic mass is 9.96. The highest BCUT2D eigenvalue weighted by Gasteiger charge is 2.27. The first kappa shape index (κ1) is 13.9. The van der Waals surface area contributed by atoms with Gasteiger partial charge in [0.25, 0.3) is 0 Å². The van der Waals surface area contributed by atoms with Crippen LogP contribution in [0, 0.1) is 17.2 Å². The fourth-order valence-corrected chi connectivity index (χ4v) is 3.66. The summed E-state index contributed by atoms with van der Waals surface area (Å²) in [6.45, 7) is 0. The van der Waals surface area contributed by atoms with Crippen LogP contribution in [0.2, 0.25) is 0 Å². The highest BCUT2D eigenvalue weighted by atomic mass is 15.3. The second kappa shape index (κ2) is 5.84. The van der Waals surface area contributed by atoms with Gasteiger partial charge in [-0.05, 0) is 24.8 Å². The molecule has 0 bridgehead atoms. The molecule has 1 atom stereocenters. The number of aromatic nitrogens is 5. The Bertz CT molecular complexity index is 849. The summed E-state index contributed by atoms with van der Waals surface area (Å²) in [6.07, 6.45) is 12.7. The summed E-state index contributed by atoms with van der Waals surface area (Å²) in [5.74, 6) is 0.556. The van der Waals surface area contributed by atoms with Crippen molar-refractivity contribution in [3.63, 3.8) is 0 Å². The van der Waals surface area contributed by atoms with Gasteiger partial charge in [0.15, 0.2) is 0 Å². The van der Waals surface area contributed by atoms with Crippen LogP contribution >= 0.6 is 0 Å². The Balaban J connectivity index is 1.70. The van der Waals surface area contributed by atoms with E-state index < -0.39 is 0 Å². The topological polar surface area (TPSA) is 83.2 Å². The fourth-order valence-electron chi connectivity index (χ4n) is 3.66. The third-order valence-corrected chi connectivity index (χ3v) is 4.81. The first-order valence-electron chi connectivity index (χ1n) is 8.06. The molecule has 0 spiro atoms. The van der Waals surface area contributed by atoms with Crippen LogP contribution in [0.25, 0.3) is 22.3 Å². The summed E-state index contributed by atoms with van der Waals surface area (Å²) in [7, 11) is 0. The average molecular weight is 310 g/mol. The Kier molecular flexibility index (Phi) is 3.54. The van der Waals surface area contributed by atoms with Gasteiger partial charge in [-0.3, -0.25) is 4.68 Å². The number of nitrogens with one attached hydrogen (secondary N) is 1. The van der Waals surface area contributed by atoms with Crippen LogP contribution in [0.15, 0.2) is 31.0 Å². The molecule has 6 nitrogen and oxygen atoms in total. The number of rotatable bonds is 4. The minimum Gasteiger partial charge on any atom is -0.346 e. The van der Waals surface area contributed by atoms with E-state index in [0.717, 1.165) is 22.3 Å². The number of aromatic amines is 1. The molecular weight excluding hydrogens is 292 g/mol. The monoisotopic (exact) mass is 310 g/mol. The molecule has 0 amide bonds. The maximum atomic E-state index is 9.18. The molecule has 1 N–H and O–H groups in total. The predicted molar refractivity (Wildman–Crippen MR) is 86.3 cm³/mol. The van der Waals surface area contributed by atoms with Gasteiger partial charge in [-0.2, -0.15) is 10.4 Å². The molecule has 3 heterocycles. The second-order valence-electron chi connectivity index (χ2n) is 6.15. The van der Waals surface area contributed by atoms with Crippen molar-refractivity contribution in [2.75, 3.05) is 0 Å². The highest BCUT2D eigenvalue weighted by molar-refractivity contribution is 5.89. The van der Waals surface area contributed by atoms with Gasteiger partial charge in [0.2, 0.25) is 0 Å². The summed E-state index contributed by atoms with van der Waals surface area (Å²) in [5, 5.41) is 14.7. The number of nitriles is 1. The molecule has 1 saturated carbocycles. The van der Waals surface area contributed by atoms with Crippen molar-refractivity contribution >= 4 is 11.0 Å². The van der Waals surface area contributed by atoms with Crippen molar-refractivity contribution in [1.82, 2.24) is 24.7 Å². The van der Waals surface area contributed by atoms with Crippen LogP contribution in [0.5, 0.6) is 0 Å². The average Bonchev–Trinajstić information content (AvgIpc) is 3.32. The maximum absolute atomic E-state index is 9.18. The molecule has 116 valence electrons. The summed E-state index contributed by atoms with van der Waals surface area (Å²) in [5.41, 5.74) is 2.68. The molecule has 0 saturated heterocycles. The lowest BCUT2D eigenvalue weighted by Gasteiger charge is -2.21. The van der Waals surface area contributed by atoms with Crippen molar-refractivity contribution in [2.45, 2.75) is 38.1 Å². The lowest BCUT2D eigenvalue weighted by molar-refractivity contribution is 0.315. The van der Waals surface area contributed by atoms with Gasteiger partial charge < -0.3 is 4.98 Å². The number of hydrogen-bond donors (Lipinski definition) is 1. The third-order valence-electron chi connectivity index (χ3n) is 4.81. The van der Waals surface area contributed by atoms with E-state index in [1.165, 1.54) is 25.7 Å². The zero-order chi connectivity index (χ0) is 15.6. The minimum absolute atomic E-state index is 0.166. The number of nitrogens with zero attached hydrogens (tertiary/aromatic N) is 5. The van der Waals surface area contributed by atoms with E-state index in [1.54, 1.807) is 6.33 Å². The van der Waals surface area contributed by atoms with E-state index >= 15 is 0 Å². The number of hydrogen-bond acceptors (Lipinski definition) is 4. The van der Waals surface area contributed by atoms with Gasteiger partial charge in [0, 0.05) is 23.3 Å². The van der Waals surface area contributed by atoms with E-state index in [-0.39, 0.29) is 6.04 Å². The van der Waals surface area contributed by atoms with E-state index in [9.17, 15) is 5.26 Å². The van der Waals surface area contributed by atoms with Crippen LogP contribution in [0.1, 0.15) is 38.1 Å². The molecule has 1 aliphatic rings. The molecule has 6 heteroatoms. The van der Waals surface area contributed by atoms with E-state index in [4.69, 9.17) is 0 Å². The quantitative estimate of drug-likeness (QED) is 0.799. The van der Waals surface area contributed by atoms with E-state index in [2.05, 4.69) is 26.1 Å². The molecule has 3 aromatic rings. The number of fused-ring (bicyclic) bond motifs is 1. The molecule has 0 aliphatic heterocycles. The Labute approximate surface area is 134 Å². The molecule has 0 radical (unpaired) electrons. The molecule has 1 aliphatic carbocycles. The predicted octanol–water partition coefficient (Wildman–Crippen LogP) is 3.47. The highest BCUT2D eigenvalue weighted by Crippen LogP contribution is 2.36. The van der Waals surface area contributed by atoms with Crippen molar-refractivity contribution in [3.05, 3.63) is 31.0 Å². The van der Waals surface area contributed by atoms with Gasteiger partial charge in [-0.15, -0.1) is 0 Å². The summed E-state index contributed by atoms with van der Waals surface area (Å²) in [4.78, 5) is 11.7. The Morgan fingerprint density at radius 1 is 1.35 bits per heavy atom. The Morgan fingerprint density at radius 2 is 2.22 bits per heavy atom. The Hall–Kier alpha value is -2.68. The molecule has 3 aromatic heterocycles. The van der Waals surface area contributed by atoms with Crippen molar-refractivity contribution < 1.29 is 0 Å². The molecular formula is C17H18N6. The normalized spacial score (nSPS) is 16.7. The molecule has 0 unspecified atom stereocenters. The molecule has 4 rings (SSSR count). The smallest absolute Gasteiger partial charge is 0.141 e. The van der Waals surface area contributed by atoms with Gasteiger partial charge >= 0.3 is 0 Å². The van der Waals surface area contributed by atoms with E-state index in [1.807, 2.05) is 29.3 Å². The van der Waals surface area contributed by atoms with Crippen LogP contribution < -0.4 is 0 Å². The van der Waals surface area contributed by atoms with Crippen LogP contribution in [0.4, 0.5) is 0 Å². The minimum atomic E-state index is 0.166. The van der Waals surface area contributed by atoms with E-state index in [0.29, 0.717) is 12.3 Å². The standard InChI is InChI=1S/C17H18N6/c18-7-5-15(12-3-1-2-4-12)23-10-13(9-22-23)16-14-6-8-19-17(14)21-11-20-16/h6,8-12,15H,1-5H2,(H,19,20,21)/t15-/m1/s1/i6+1,14+1,16+1,17+1. The molecule has 23 heavy (non-hydrogen) atoms. The summed E-state index contributed by atoms with van der Waals surface area (Å²) >= 11 is 0. The Morgan fingerprint density at radius 3 is 3.04 bits per heavy atom. The van der Waals surface area contributed by atoms with Gasteiger partial charge in [-0.25, -0.2) is 9.97 Å². The molecule has 0 aromatic carbocycles. The van der Waals surface area contributed by atoms with Gasteiger partial charge in [-0.1, -0.05) is 12.8 Å². The van der Waals surface area contributed by atoms with Crippen molar-refractivity contribution in [3.8, 4) is 17.3 Å². The zero-order valence-electron chi connectivity index (χ0n) is 12.8. The van der Waals surface area contributed by atoms with Crippen molar-refractivity contribution in [2.24, 2.45) is 5.92 Å². The molecule has 1 fully saturated rings. The summed E-state index contributed by atoms with van der Waals surface area (Å²) in [6, 6.07) is 4.47.